The third-order valence-electron chi connectivity index (χ3n) is 2.66. The van der Waals surface area contributed by atoms with E-state index in [0.717, 1.165) is 12.1 Å². The molecule has 1 aromatic carbocycles. The highest BCUT2D eigenvalue weighted by Crippen LogP contribution is 2.39. The van der Waals surface area contributed by atoms with Crippen molar-refractivity contribution in [2.45, 2.75) is 32.3 Å². The van der Waals surface area contributed by atoms with Crippen LogP contribution in [0.5, 0.6) is 5.75 Å². The lowest BCUT2D eigenvalue weighted by molar-refractivity contribution is -0.385. The Hall–Kier alpha value is -2.25. The van der Waals surface area contributed by atoms with E-state index in [4.69, 9.17) is 9.84 Å². The molecule has 0 heterocycles. The van der Waals surface area contributed by atoms with Crippen molar-refractivity contribution in [2.75, 3.05) is 0 Å². The average Bonchev–Trinajstić information content (AvgIpc) is 2.38. The topological polar surface area (TPSA) is 89.7 Å². The standard InChI is InChI=1S/C12H13F2NO5/c1-3-12(13,14)9-6-8(15(18)19)4-5-10(9)20-7(2)11(16)17/h4-7H,3H2,1-2H3,(H,16,17). The van der Waals surface area contributed by atoms with Crippen LogP contribution in [0.3, 0.4) is 0 Å². The molecular formula is C12H13F2NO5. The first-order valence-electron chi connectivity index (χ1n) is 5.75. The minimum Gasteiger partial charge on any atom is -0.479 e. The fourth-order valence-electron chi connectivity index (χ4n) is 1.45. The van der Waals surface area contributed by atoms with Crippen LogP contribution >= 0.6 is 0 Å². The number of rotatable bonds is 6. The zero-order chi connectivity index (χ0) is 15.5. The highest BCUT2D eigenvalue weighted by Gasteiger charge is 2.35. The van der Waals surface area contributed by atoms with Gasteiger partial charge in [0.05, 0.1) is 10.5 Å². The van der Waals surface area contributed by atoms with E-state index in [1.807, 2.05) is 0 Å². The first-order chi connectivity index (χ1) is 9.19. The van der Waals surface area contributed by atoms with E-state index in [1.54, 1.807) is 0 Å². The van der Waals surface area contributed by atoms with Crippen molar-refractivity contribution >= 4 is 11.7 Å². The Kier molecular flexibility index (Phi) is 4.59. The minimum atomic E-state index is -3.35. The molecule has 20 heavy (non-hydrogen) atoms. The molecule has 0 amide bonds. The van der Waals surface area contributed by atoms with E-state index in [1.165, 1.54) is 13.8 Å². The highest BCUT2D eigenvalue weighted by atomic mass is 19.3. The van der Waals surface area contributed by atoms with Crippen LogP contribution in [0.4, 0.5) is 14.5 Å². The third kappa shape index (κ3) is 3.40. The van der Waals surface area contributed by atoms with Crippen LogP contribution in [-0.2, 0) is 10.7 Å². The number of carboxylic acid groups (broad SMARTS) is 1. The minimum absolute atomic E-state index is 0.377. The van der Waals surface area contributed by atoms with Gasteiger partial charge in [-0.15, -0.1) is 0 Å². The number of ether oxygens (including phenoxy) is 1. The van der Waals surface area contributed by atoms with Crippen LogP contribution in [0.1, 0.15) is 25.8 Å². The molecule has 1 rings (SSSR count). The number of nitro groups is 1. The van der Waals surface area contributed by atoms with Crippen molar-refractivity contribution in [1.82, 2.24) is 0 Å². The Labute approximate surface area is 113 Å². The van der Waals surface area contributed by atoms with Crippen LogP contribution in [0.15, 0.2) is 18.2 Å². The molecule has 0 bridgehead atoms. The second-order valence-electron chi connectivity index (χ2n) is 4.09. The van der Waals surface area contributed by atoms with Crippen molar-refractivity contribution < 1.29 is 28.3 Å². The normalized spacial score (nSPS) is 12.8. The van der Waals surface area contributed by atoms with Crippen molar-refractivity contribution in [3.63, 3.8) is 0 Å². The number of hydrogen-bond donors (Lipinski definition) is 1. The Morgan fingerprint density at radius 3 is 2.60 bits per heavy atom. The summed E-state index contributed by atoms with van der Waals surface area (Å²) in [6, 6.07) is 2.67. The van der Waals surface area contributed by atoms with Gasteiger partial charge in [0.15, 0.2) is 6.10 Å². The van der Waals surface area contributed by atoms with E-state index in [0.29, 0.717) is 6.07 Å². The number of alkyl halides is 2. The second kappa shape index (κ2) is 5.81. The average molecular weight is 289 g/mol. The molecule has 0 aliphatic heterocycles. The maximum Gasteiger partial charge on any atom is 0.344 e. The molecule has 1 unspecified atom stereocenters. The Morgan fingerprint density at radius 2 is 2.15 bits per heavy atom. The SMILES string of the molecule is CCC(F)(F)c1cc([N+](=O)[O-])ccc1OC(C)C(=O)O. The van der Waals surface area contributed by atoms with Gasteiger partial charge in [-0.25, -0.2) is 13.6 Å². The van der Waals surface area contributed by atoms with E-state index in [9.17, 15) is 23.7 Å². The van der Waals surface area contributed by atoms with E-state index >= 15 is 0 Å². The Balaban J connectivity index is 3.29. The lowest BCUT2D eigenvalue weighted by Crippen LogP contribution is -2.25. The number of benzene rings is 1. The molecule has 0 aromatic heterocycles. The summed E-state index contributed by atoms with van der Waals surface area (Å²) >= 11 is 0. The smallest absolute Gasteiger partial charge is 0.344 e. The number of halogens is 2. The summed E-state index contributed by atoms with van der Waals surface area (Å²) in [6.45, 7) is 2.39. The third-order valence-corrected chi connectivity index (χ3v) is 2.66. The zero-order valence-corrected chi connectivity index (χ0v) is 10.8. The molecule has 6 nitrogen and oxygen atoms in total. The van der Waals surface area contributed by atoms with E-state index < -0.39 is 40.6 Å². The van der Waals surface area contributed by atoms with Crippen molar-refractivity contribution in [1.29, 1.82) is 0 Å². The number of aliphatic carboxylic acids is 1. The van der Waals surface area contributed by atoms with Gasteiger partial charge >= 0.3 is 5.97 Å². The van der Waals surface area contributed by atoms with Gasteiger partial charge in [0.2, 0.25) is 0 Å². The van der Waals surface area contributed by atoms with Gasteiger partial charge in [0.1, 0.15) is 5.75 Å². The lowest BCUT2D eigenvalue weighted by atomic mass is 10.0. The predicted molar refractivity (Wildman–Crippen MR) is 65.0 cm³/mol. The Morgan fingerprint density at radius 1 is 1.55 bits per heavy atom. The monoisotopic (exact) mass is 289 g/mol. The van der Waals surface area contributed by atoms with Crippen LogP contribution in [-0.4, -0.2) is 22.1 Å². The summed E-state index contributed by atoms with van der Waals surface area (Å²) < 4.78 is 32.5. The zero-order valence-electron chi connectivity index (χ0n) is 10.8. The molecule has 0 radical (unpaired) electrons. The molecule has 0 aliphatic rings. The molecule has 0 fully saturated rings. The quantitative estimate of drug-likeness (QED) is 0.642. The predicted octanol–water partition coefficient (Wildman–Crippen LogP) is 2.95. The summed E-state index contributed by atoms with van der Waals surface area (Å²) in [7, 11) is 0. The maximum atomic E-state index is 13.8. The van der Waals surface area contributed by atoms with Gasteiger partial charge in [0, 0.05) is 18.6 Å². The van der Waals surface area contributed by atoms with Gasteiger partial charge < -0.3 is 9.84 Å². The van der Waals surface area contributed by atoms with Crippen LogP contribution < -0.4 is 4.74 Å². The molecule has 1 N–H and O–H groups in total. The largest absolute Gasteiger partial charge is 0.479 e. The molecular weight excluding hydrogens is 276 g/mol. The van der Waals surface area contributed by atoms with Gasteiger partial charge in [-0.3, -0.25) is 10.1 Å². The van der Waals surface area contributed by atoms with Crippen molar-refractivity contribution in [3.05, 3.63) is 33.9 Å². The highest BCUT2D eigenvalue weighted by molar-refractivity contribution is 5.72. The first-order valence-corrected chi connectivity index (χ1v) is 5.75. The summed E-state index contributed by atoms with van der Waals surface area (Å²) in [5.41, 5.74) is -1.20. The number of hydrogen-bond acceptors (Lipinski definition) is 4. The van der Waals surface area contributed by atoms with Crippen molar-refractivity contribution in [2.24, 2.45) is 0 Å². The summed E-state index contributed by atoms with van der Waals surface area (Å²) in [5.74, 6) is -5.05. The number of carboxylic acids is 1. The fraction of sp³-hybridized carbons (Fsp3) is 0.417. The molecule has 1 atom stereocenters. The molecule has 0 aliphatic carbocycles. The molecule has 110 valence electrons. The summed E-state index contributed by atoms with van der Waals surface area (Å²) in [5, 5.41) is 19.4. The van der Waals surface area contributed by atoms with Gasteiger partial charge in [-0.05, 0) is 13.0 Å². The maximum absolute atomic E-state index is 13.8. The van der Waals surface area contributed by atoms with Crippen LogP contribution in [0, 0.1) is 10.1 Å². The molecule has 0 saturated heterocycles. The molecule has 0 saturated carbocycles. The lowest BCUT2D eigenvalue weighted by Gasteiger charge is -2.20. The second-order valence-corrected chi connectivity index (χ2v) is 4.09. The number of non-ortho nitro benzene ring substituents is 1. The van der Waals surface area contributed by atoms with Gasteiger partial charge in [-0.1, -0.05) is 6.92 Å². The Bertz CT molecular complexity index is 533. The van der Waals surface area contributed by atoms with Crippen LogP contribution in [0.25, 0.3) is 0 Å². The number of nitro benzene ring substituents is 1. The fourth-order valence-corrected chi connectivity index (χ4v) is 1.45. The van der Waals surface area contributed by atoms with E-state index in [-0.39, 0.29) is 5.75 Å². The molecule has 0 spiro atoms. The summed E-state index contributed by atoms with van der Waals surface area (Å²) in [4.78, 5) is 20.5. The molecule has 8 heteroatoms. The van der Waals surface area contributed by atoms with Gasteiger partial charge in [0.25, 0.3) is 11.6 Å². The number of nitrogens with zero attached hydrogens (tertiary/aromatic N) is 1. The number of carbonyl (C=O) groups is 1. The van der Waals surface area contributed by atoms with Crippen LogP contribution in [0.2, 0.25) is 0 Å². The van der Waals surface area contributed by atoms with Crippen molar-refractivity contribution in [3.8, 4) is 5.75 Å². The first kappa shape index (κ1) is 15.8. The summed E-state index contributed by atoms with van der Waals surface area (Å²) in [6.07, 6.45) is -1.94. The van der Waals surface area contributed by atoms with Gasteiger partial charge in [-0.2, -0.15) is 0 Å². The molecule has 1 aromatic rings. The van der Waals surface area contributed by atoms with E-state index in [2.05, 4.69) is 0 Å².